The molecular formula is C28H37N3O5. The van der Waals surface area contributed by atoms with Crippen molar-refractivity contribution in [2.75, 3.05) is 13.2 Å². The minimum absolute atomic E-state index is 0.134. The smallest absolute Gasteiger partial charge is 0.343 e. The van der Waals surface area contributed by atoms with E-state index in [2.05, 4.69) is 22.8 Å². The molecule has 2 amide bonds. The molecule has 0 saturated carbocycles. The van der Waals surface area contributed by atoms with Gasteiger partial charge in [-0.25, -0.2) is 10.2 Å². The highest BCUT2D eigenvalue weighted by molar-refractivity contribution is 5.91. The maximum atomic E-state index is 12.4. The lowest BCUT2D eigenvalue weighted by Gasteiger charge is -2.11. The van der Waals surface area contributed by atoms with E-state index >= 15 is 0 Å². The number of benzene rings is 2. The zero-order valence-electron chi connectivity index (χ0n) is 21.3. The van der Waals surface area contributed by atoms with E-state index in [1.807, 2.05) is 13.0 Å². The van der Waals surface area contributed by atoms with Gasteiger partial charge in [0.25, 0.3) is 5.91 Å². The highest BCUT2D eigenvalue weighted by Crippen LogP contribution is 2.29. The second-order valence-electron chi connectivity index (χ2n) is 8.34. The largest absolute Gasteiger partial charge is 0.490 e. The van der Waals surface area contributed by atoms with Crippen molar-refractivity contribution in [3.8, 4) is 11.5 Å². The molecule has 0 radical (unpaired) electrons. The molecule has 0 aliphatic rings. The van der Waals surface area contributed by atoms with Crippen molar-refractivity contribution < 1.29 is 23.9 Å². The fourth-order valence-electron chi connectivity index (χ4n) is 3.42. The van der Waals surface area contributed by atoms with Gasteiger partial charge in [0.2, 0.25) is 5.91 Å². The van der Waals surface area contributed by atoms with E-state index in [4.69, 9.17) is 9.47 Å². The van der Waals surface area contributed by atoms with Crippen LogP contribution in [0.4, 0.5) is 0 Å². The van der Waals surface area contributed by atoms with Crippen molar-refractivity contribution in [1.29, 1.82) is 0 Å². The number of esters is 1. The molecule has 0 aromatic heterocycles. The number of hydrogen-bond acceptors (Lipinski definition) is 6. The molecule has 194 valence electrons. The summed E-state index contributed by atoms with van der Waals surface area (Å²) < 4.78 is 11.1. The van der Waals surface area contributed by atoms with E-state index in [0.29, 0.717) is 29.9 Å². The normalized spacial score (nSPS) is 10.7. The quantitative estimate of drug-likeness (QED) is 0.112. The van der Waals surface area contributed by atoms with Crippen LogP contribution in [-0.4, -0.2) is 37.1 Å². The fourth-order valence-corrected chi connectivity index (χ4v) is 3.42. The zero-order valence-corrected chi connectivity index (χ0v) is 21.3. The molecule has 2 N–H and O–H groups in total. The van der Waals surface area contributed by atoms with Crippen LogP contribution in [0.3, 0.4) is 0 Å². The number of carbonyl (C=O) groups is 3. The molecule has 0 atom stereocenters. The Labute approximate surface area is 213 Å². The van der Waals surface area contributed by atoms with Crippen molar-refractivity contribution >= 4 is 24.0 Å². The van der Waals surface area contributed by atoms with Gasteiger partial charge in [0.05, 0.1) is 24.9 Å². The molecular weight excluding hydrogens is 458 g/mol. The molecule has 8 nitrogen and oxygen atoms in total. The highest BCUT2D eigenvalue weighted by atomic mass is 16.6. The summed E-state index contributed by atoms with van der Waals surface area (Å²) in [6, 6.07) is 13.6. The van der Waals surface area contributed by atoms with E-state index in [9.17, 15) is 14.4 Å². The summed E-state index contributed by atoms with van der Waals surface area (Å²) in [6.07, 6.45) is 9.83. The standard InChI is InChI=1S/C28H37N3O5/c1-3-5-6-7-8-9-13-16-26(32)29-21-27(33)31-30-20-22-17-18-24(25(19-22)35-4-2)36-28(34)23-14-11-10-12-15-23/h10-12,14-15,17-20H,3-9,13,16,21H2,1-2H3,(H,29,32)(H,31,33)/b30-20-. The number of rotatable bonds is 16. The molecule has 0 fully saturated rings. The van der Waals surface area contributed by atoms with Crippen molar-refractivity contribution in [3.63, 3.8) is 0 Å². The zero-order chi connectivity index (χ0) is 26.0. The molecule has 0 heterocycles. The molecule has 0 aliphatic heterocycles. The summed E-state index contributed by atoms with van der Waals surface area (Å²) in [5.74, 6) is -0.369. The van der Waals surface area contributed by atoms with Gasteiger partial charge in [-0.2, -0.15) is 5.10 Å². The Morgan fingerprint density at radius 3 is 2.31 bits per heavy atom. The number of hydrogen-bond donors (Lipinski definition) is 2. The van der Waals surface area contributed by atoms with Crippen LogP contribution < -0.4 is 20.2 Å². The predicted octanol–water partition coefficient (Wildman–Crippen LogP) is 5.01. The van der Waals surface area contributed by atoms with Crippen LogP contribution in [0.2, 0.25) is 0 Å². The van der Waals surface area contributed by atoms with Crippen molar-refractivity contribution in [1.82, 2.24) is 10.7 Å². The summed E-state index contributed by atoms with van der Waals surface area (Å²) >= 11 is 0. The van der Waals surface area contributed by atoms with E-state index < -0.39 is 11.9 Å². The summed E-state index contributed by atoms with van der Waals surface area (Å²) in [7, 11) is 0. The Hall–Kier alpha value is -3.68. The van der Waals surface area contributed by atoms with Gasteiger partial charge in [0, 0.05) is 6.42 Å². The first-order valence-electron chi connectivity index (χ1n) is 12.7. The lowest BCUT2D eigenvalue weighted by Crippen LogP contribution is -2.34. The molecule has 8 heteroatoms. The maximum absolute atomic E-state index is 12.4. The van der Waals surface area contributed by atoms with E-state index in [1.165, 1.54) is 31.9 Å². The Balaban J connectivity index is 1.76. The predicted molar refractivity (Wildman–Crippen MR) is 140 cm³/mol. The van der Waals surface area contributed by atoms with Gasteiger partial charge >= 0.3 is 5.97 Å². The monoisotopic (exact) mass is 495 g/mol. The van der Waals surface area contributed by atoms with Crippen molar-refractivity contribution in [2.45, 2.75) is 65.2 Å². The van der Waals surface area contributed by atoms with Gasteiger partial charge in [-0.15, -0.1) is 0 Å². The highest BCUT2D eigenvalue weighted by Gasteiger charge is 2.13. The Morgan fingerprint density at radius 2 is 1.58 bits per heavy atom. The van der Waals surface area contributed by atoms with Crippen LogP contribution in [0.15, 0.2) is 53.6 Å². The Kier molecular flexibility index (Phi) is 13.4. The van der Waals surface area contributed by atoms with Crippen LogP contribution >= 0.6 is 0 Å². The van der Waals surface area contributed by atoms with Crippen molar-refractivity contribution in [3.05, 3.63) is 59.7 Å². The number of hydrazone groups is 1. The minimum atomic E-state index is -0.487. The topological polar surface area (TPSA) is 106 Å². The van der Waals surface area contributed by atoms with Gasteiger partial charge in [-0.1, -0.05) is 63.6 Å². The van der Waals surface area contributed by atoms with Gasteiger partial charge < -0.3 is 14.8 Å². The van der Waals surface area contributed by atoms with Crippen LogP contribution in [0.1, 0.15) is 81.1 Å². The molecule has 0 bridgehead atoms. The maximum Gasteiger partial charge on any atom is 0.343 e. The molecule has 0 unspecified atom stereocenters. The summed E-state index contributed by atoms with van der Waals surface area (Å²) in [5, 5.41) is 6.54. The second kappa shape index (κ2) is 16.9. The lowest BCUT2D eigenvalue weighted by atomic mass is 10.1. The molecule has 2 aromatic carbocycles. The molecule has 2 rings (SSSR count). The van der Waals surface area contributed by atoms with Gasteiger partial charge in [0.15, 0.2) is 11.5 Å². The molecule has 0 aliphatic carbocycles. The second-order valence-corrected chi connectivity index (χ2v) is 8.34. The number of ether oxygens (including phenoxy) is 2. The van der Waals surface area contributed by atoms with Gasteiger partial charge in [0.1, 0.15) is 0 Å². The third-order valence-electron chi connectivity index (χ3n) is 5.34. The van der Waals surface area contributed by atoms with Gasteiger partial charge in [-0.05, 0) is 49.2 Å². The molecule has 2 aromatic rings. The first-order valence-corrected chi connectivity index (χ1v) is 12.7. The average Bonchev–Trinajstić information content (AvgIpc) is 2.89. The third kappa shape index (κ3) is 11.2. The number of nitrogens with one attached hydrogen (secondary N) is 2. The molecule has 0 saturated heterocycles. The summed E-state index contributed by atoms with van der Waals surface area (Å²) in [4.78, 5) is 36.2. The molecule has 0 spiro atoms. The van der Waals surface area contributed by atoms with Gasteiger partial charge in [-0.3, -0.25) is 9.59 Å². The van der Waals surface area contributed by atoms with Crippen LogP contribution in [0, 0.1) is 0 Å². The Morgan fingerprint density at radius 1 is 0.861 bits per heavy atom. The average molecular weight is 496 g/mol. The van der Waals surface area contributed by atoms with Crippen LogP contribution in [-0.2, 0) is 9.59 Å². The van der Waals surface area contributed by atoms with E-state index in [0.717, 1.165) is 19.3 Å². The van der Waals surface area contributed by atoms with Crippen LogP contribution in [0.25, 0.3) is 0 Å². The SMILES string of the molecule is CCCCCCCCCC(=O)NCC(=O)N/N=C\c1ccc(OC(=O)c2ccccc2)c(OCC)c1. The summed E-state index contributed by atoms with van der Waals surface area (Å²) in [6.45, 7) is 4.26. The fraction of sp³-hybridized carbons (Fsp3) is 0.429. The number of amides is 2. The van der Waals surface area contributed by atoms with Crippen LogP contribution in [0.5, 0.6) is 11.5 Å². The summed E-state index contributed by atoms with van der Waals surface area (Å²) in [5.41, 5.74) is 3.47. The molecule has 36 heavy (non-hydrogen) atoms. The number of carbonyl (C=O) groups excluding carboxylic acids is 3. The Bertz CT molecular complexity index is 992. The number of unbranched alkanes of at least 4 members (excludes halogenated alkanes) is 6. The number of nitrogens with zero attached hydrogens (tertiary/aromatic N) is 1. The van der Waals surface area contributed by atoms with Crippen molar-refractivity contribution in [2.24, 2.45) is 5.10 Å². The third-order valence-corrected chi connectivity index (χ3v) is 5.34. The van der Waals surface area contributed by atoms with E-state index in [1.54, 1.807) is 42.5 Å². The lowest BCUT2D eigenvalue weighted by molar-refractivity contribution is -0.126. The minimum Gasteiger partial charge on any atom is -0.490 e. The first-order chi connectivity index (χ1) is 17.5. The van der Waals surface area contributed by atoms with E-state index in [-0.39, 0.29) is 18.2 Å². The first kappa shape index (κ1) is 28.6.